The number of fused-ring (bicyclic) bond motifs is 1. The van der Waals surface area contributed by atoms with Gasteiger partial charge in [-0.2, -0.15) is 5.26 Å². The fourth-order valence-corrected chi connectivity index (χ4v) is 2.21. The summed E-state index contributed by atoms with van der Waals surface area (Å²) < 4.78 is 0. The summed E-state index contributed by atoms with van der Waals surface area (Å²) in [5.74, 6) is 0. The molecule has 0 fully saturated rings. The molecule has 0 spiro atoms. The maximum atomic E-state index is 8.66. The summed E-state index contributed by atoms with van der Waals surface area (Å²) >= 11 is 0. The summed E-state index contributed by atoms with van der Waals surface area (Å²) in [4.78, 5) is 0. The van der Waals surface area contributed by atoms with E-state index in [2.05, 4.69) is 24.3 Å². The Bertz CT molecular complexity index is 390. The zero-order chi connectivity index (χ0) is 10.7. The van der Waals surface area contributed by atoms with Crippen molar-refractivity contribution in [3.63, 3.8) is 0 Å². The van der Waals surface area contributed by atoms with Crippen LogP contribution in [-0.2, 0) is 19.3 Å². The van der Waals surface area contributed by atoms with Crippen LogP contribution < -0.4 is 5.73 Å². The molecule has 1 atom stereocenters. The third-order valence-corrected chi connectivity index (χ3v) is 3.03. The number of benzene rings is 1. The molecule has 1 aliphatic carbocycles. The van der Waals surface area contributed by atoms with Gasteiger partial charge in [-0.05, 0) is 42.4 Å². The maximum absolute atomic E-state index is 8.66. The lowest BCUT2D eigenvalue weighted by Crippen LogP contribution is -2.20. The van der Waals surface area contributed by atoms with Gasteiger partial charge in [-0.1, -0.05) is 18.2 Å². The van der Waals surface area contributed by atoms with Crippen molar-refractivity contribution in [2.45, 2.75) is 38.1 Å². The standard InChI is InChI=1S/C13H16N2/c14-9-13(15)8-10-5-6-11-3-1-2-4-12(11)7-10/h5-7,13H,1-4,8,15H2. The van der Waals surface area contributed by atoms with Gasteiger partial charge in [0.15, 0.2) is 0 Å². The Hall–Kier alpha value is -1.33. The molecule has 2 N–H and O–H groups in total. The first kappa shape index (κ1) is 10.2. The van der Waals surface area contributed by atoms with Gasteiger partial charge in [-0.15, -0.1) is 0 Å². The van der Waals surface area contributed by atoms with E-state index in [0.717, 1.165) is 0 Å². The minimum atomic E-state index is -0.369. The van der Waals surface area contributed by atoms with Crippen LogP contribution in [0.4, 0.5) is 0 Å². The van der Waals surface area contributed by atoms with Gasteiger partial charge in [-0.3, -0.25) is 0 Å². The van der Waals surface area contributed by atoms with Gasteiger partial charge in [0.25, 0.3) is 0 Å². The smallest absolute Gasteiger partial charge is 0.0968 e. The third kappa shape index (κ3) is 2.37. The number of nitriles is 1. The van der Waals surface area contributed by atoms with Crippen molar-refractivity contribution < 1.29 is 0 Å². The van der Waals surface area contributed by atoms with Crippen LogP contribution in [-0.4, -0.2) is 6.04 Å². The Labute approximate surface area is 90.7 Å². The highest BCUT2D eigenvalue weighted by Gasteiger charge is 2.10. The third-order valence-electron chi connectivity index (χ3n) is 3.03. The van der Waals surface area contributed by atoms with Crippen LogP contribution in [0.15, 0.2) is 18.2 Å². The van der Waals surface area contributed by atoms with Gasteiger partial charge < -0.3 is 5.73 Å². The molecule has 0 bridgehead atoms. The number of rotatable bonds is 2. The Morgan fingerprint density at radius 1 is 1.27 bits per heavy atom. The zero-order valence-corrected chi connectivity index (χ0v) is 8.87. The highest BCUT2D eigenvalue weighted by Crippen LogP contribution is 2.22. The van der Waals surface area contributed by atoms with Crippen molar-refractivity contribution >= 4 is 0 Å². The molecule has 0 saturated heterocycles. The van der Waals surface area contributed by atoms with Crippen molar-refractivity contribution in [3.8, 4) is 6.07 Å². The molecule has 1 aromatic carbocycles. The van der Waals surface area contributed by atoms with Gasteiger partial charge >= 0.3 is 0 Å². The fraction of sp³-hybridized carbons (Fsp3) is 0.462. The van der Waals surface area contributed by atoms with Crippen LogP contribution in [0.5, 0.6) is 0 Å². The van der Waals surface area contributed by atoms with E-state index in [1.165, 1.54) is 42.4 Å². The highest BCUT2D eigenvalue weighted by molar-refractivity contribution is 5.34. The molecule has 0 aliphatic heterocycles. The Balaban J connectivity index is 2.18. The van der Waals surface area contributed by atoms with Crippen LogP contribution in [0.25, 0.3) is 0 Å². The van der Waals surface area contributed by atoms with Crippen LogP contribution in [0.2, 0.25) is 0 Å². The van der Waals surface area contributed by atoms with E-state index in [1.807, 2.05) is 0 Å². The van der Waals surface area contributed by atoms with E-state index in [9.17, 15) is 0 Å². The molecule has 0 aromatic heterocycles. The summed E-state index contributed by atoms with van der Waals surface area (Å²) in [6, 6.07) is 8.25. The first-order chi connectivity index (χ1) is 7.29. The average molecular weight is 200 g/mol. The molecule has 1 unspecified atom stereocenters. The van der Waals surface area contributed by atoms with Crippen molar-refractivity contribution in [2.24, 2.45) is 5.73 Å². The van der Waals surface area contributed by atoms with Crippen molar-refractivity contribution in [1.29, 1.82) is 5.26 Å². The van der Waals surface area contributed by atoms with Gasteiger partial charge in [0.2, 0.25) is 0 Å². The summed E-state index contributed by atoms with van der Waals surface area (Å²) in [5, 5.41) is 8.66. The molecule has 2 rings (SSSR count). The number of nitrogens with zero attached hydrogens (tertiary/aromatic N) is 1. The van der Waals surface area contributed by atoms with E-state index in [1.54, 1.807) is 0 Å². The van der Waals surface area contributed by atoms with Crippen LogP contribution in [0.1, 0.15) is 29.5 Å². The molecule has 0 heterocycles. The molecule has 2 heteroatoms. The van der Waals surface area contributed by atoms with Crippen molar-refractivity contribution in [1.82, 2.24) is 0 Å². The van der Waals surface area contributed by atoms with E-state index in [0.29, 0.717) is 6.42 Å². The zero-order valence-electron chi connectivity index (χ0n) is 8.87. The average Bonchev–Trinajstić information content (AvgIpc) is 2.29. The van der Waals surface area contributed by atoms with Gasteiger partial charge in [0.05, 0.1) is 12.1 Å². The van der Waals surface area contributed by atoms with Crippen LogP contribution in [0.3, 0.4) is 0 Å². The Morgan fingerprint density at radius 3 is 2.73 bits per heavy atom. The number of hydrogen-bond acceptors (Lipinski definition) is 2. The first-order valence-electron chi connectivity index (χ1n) is 5.55. The lowest BCUT2D eigenvalue weighted by Gasteiger charge is -2.16. The van der Waals surface area contributed by atoms with Crippen LogP contribution in [0, 0.1) is 11.3 Å². The molecule has 0 amide bonds. The topological polar surface area (TPSA) is 49.8 Å². The summed E-state index contributed by atoms with van der Waals surface area (Å²) in [6.45, 7) is 0. The van der Waals surface area contributed by atoms with Gasteiger partial charge in [0, 0.05) is 6.42 Å². The second kappa shape index (κ2) is 4.46. The molecular formula is C13H16N2. The molecule has 1 aromatic rings. The first-order valence-corrected chi connectivity index (χ1v) is 5.55. The minimum absolute atomic E-state index is 0.369. The molecule has 2 nitrogen and oxygen atoms in total. The monoisotopic (exact) mass is 200 g/mol. The number of aryl methyl sites for hydroxylation is 2. The highest BCUT2D eigenvalue weighted by atomic mass is 14.6. The predicted octanol–water partition coefficient (Wildman–Crippen LogP) is 1.96. The second-order valence-electron chi connectivity index (χ2n) is 4.25. The largest absolute Gasteiger partial charge is 0.316 e. The fourth-order valence-electron chi connectivity index (χ4n) is 2.21. The summed E-state index contributed by atoms with van der Waals surface area (Å²) in [5.41, 5.74) is 9.76. The lowest BCUT2D eigenvalue weighted by atomic mass is 9.89. The number of hydrogen-bond donors (Lipinski definition) is 1. The summed E-state index contributed by atoms with van der Waals surface area (Å²) in [7, 11) is 0. The van der Waals surface area contributed by atoms with Gasteiger partial charge in [-0.25, -0.2) is 0 Å². The minimum Gasteiger partial charge on any atom is -0.316 e. The Morgan fingerprint density at radius 2 is 2.00 bits per heavy atom. The quantitative estimate of drug-likeness (QED) is 0.793. The normalized spacial score (nSPS) is 16.5. The second-order valence-corrected chi connectivity index (χ2v) is 4.25. The molecular weight excluding hydrogens is 184 g/mol. The van der Waals surface area contributed by atoms with E-state index in [-0.39, 0.29) is 6.04 Å². The van der Waals surface area contributed by atoms with Crippen molar-refractivity contribution in [3.05, 3.63) is 34.9 Å². The van der Waals surface area contributed by atoms with Gasteiger partial charge in [0.1, 0.15) is 0 Å². The van der Waals surface area contributed by atoms with E-state index in [4.69, 9.17) is 11.0 Å². The molecule has 78 valence electrons. The van der Waals surface area contributed by atoms with E-state index >= 15 is 0 Å². The molecule has 0 radical (unpaired) electrons. The Kier molecular flexibility index (Phi) is 3.03. The predicted molar refractivity (Wildman–Crippen MR) is 60.4 cm³/mol. The molecule has 15 heavy (non-hydrogen) atoms. The van der Waals surface area contributed by atoms with E-state index < -0.39 is 0 Å². The summed E-state index contributed by atoms with van der Waals surface area (Å²) in [6.07, 6.45) is 5.67. The molecule has 0 saturated carbocycles. The van der Waals surface area contributed by atoms with Crippen LogP contribution >= 0.6 is 0 Å². The van der Waals surface area contributed by atoms with Crippen molar-refractivity contribution in [2.75, 3.05) is 0 Å². The SMILES string of the molecule is N#CC(N)Cc1ccc2c(c1)CCCC2. The lowest BCUT2D eigenvalue weighted by molar-refractivity contribution is 0.683. The number of nitrogens with two attached hydrogens (primary N) is 1. The maximum Gasteiger partial charge on any atom is 0.0968 e. The molecule has 1 aliphatic rings.